The number of morpholine rings is 1. The first kappa shape index (κ1) is 20.2. The van der Waals surface area contributed by atoms with Crippen molar-refractivity contribution in [2.75, 3.05) is 64.5 Å². The van der Waals surface area contributed by atoms with Crippen molar-refractivity contribution in [1.29, 1.82) is 0 Å². The molecule has 4 fully saturated rings. The summed E-state index contributed by atoms with van der Waals surface area (Å²) >= 11 is 0. The Kier molecular flexibility index (Phi) is 6.15. The van der Waals surface area contributed by atoms with Gasteiger partial charge in [0.25, 0.3) is 5.91 Å². The number of ether oxygens (including phenoxy) is 2. The normalized spacial score (nSPS) is 30.4. The topological polar surface area (TPSA) is 79.8 Å². The summed E-state index contributed by atoms with van der Waals surface area (Å²) in [6.07, 6.45) is 4.84. The van der Waals surface area contributed by atoms with Crippen molar-refractivity contribution < 1.29 is 14.3 Å². The Balaban J connectivity index is 1.09. The fourth-order valence-electron chi connectivity index (χ4n) is 5.62. The van der Waals surface area contributed by atoms with Gasteiger partial charge in [0, 0.05) is 52.0 Å². The molecule has 1 saturated carbocycles. The lowest BCUT2D eigenvalue weighted by molar-refractivity contribution is 0.0298. The van der Waals surface area contributed by atoms with Crippen LogP contribution >= 0.6 is 0 Å². The first-order valence-electron chi connectivity index (χ1n) is 11.5. The molecule has 0 radical (unpaired) electrons. The van der Waals surface area contributed by atoms with E-state index in [1.165, 1.54) is 45.3 Å². The molecule has 3 saturated heterocycles. The molecule has 3 atom stereocenters. The van der Waals surface area contributed by atoms with Gasteiger partial charge in [-0.2, -0.15) is 0 Å². The molecule has 0 bridgehead atoms. The number of rotatable bonds is 5. The number of aromatic nitrogens is 2. The Morgan fingerprint density at radius 3 is 2.37 bits per heavy atom. The lowest BCUT2D eigenvalue weighted by atomic mass is 10.00. The van der Waals surface area contributed by atoms with Gasteiger partial charge in [-0.15, -0.1) is 10.2 Å². The number of carbonyl (C=O) groups excluding carboxylic acids is 1. The highest BCUT2D eigenvalue weighted by molar-refractivity contribution is 5.92. The van der Waals surface area contributed by atoms with Crippen molar-refractivity contribution in [2.45, 2.75) is 31.7 Å². The number of hydrogen-bond acceptors (Lipinski definition) is 7. The van der Waals surface area contributed by atoms with Gasteiger partial charge in [0.05, 0.1) is 13.2 Å². The van der Waals surface area contributed by atoms with E-state index in [2.05, 4.69) is 20.4 Å². The third-order valence-electron chi connectivity index (χ3n) is 7.22. The van der Waals surface area contributed by atoms with E-state index in [4.69, 9.17) is 9.47 Å². The molecule has 1 aromatic rings. The third kappa shape index (κ3) is 4.60. The van der Waals surface area contributed by atoms with Gasteiger partial charge < -0.3 is 24.6 Å². The van der Waals surface area contributed by atoms with Crippen molar-refractivity contribution in [3.63, 3.8) is 0 Å². The highest BCUT2D eigenvalue weighted by Crippen LogP contribution is 2.39. The van der Waals surface area contributed by atoms with Gasteiger partial charge in [-0.1, -0.05) is 0 Å². The summed E-state index contributed by atoms with van der Waals surface area (Å²) in [5.74, 6) is 3.12. The number of nitrogens with one attached hydrogen (secondary N) is 1. The minimum absolute atomic E-state index is 0.0580. The Morgan fingerprint density at radius 2 is 1.70 bits per heavy atom. The molecule has 164 valence electrons. The lowest BCUT2D eigenvalue weighted by Gasteiger charge is -2.27. The summed E-state index contributed by atoms with van der Waals surface area (Å²) in [7, 11) is 0. The van der Waals surface area contributed by atoms with Crippen LogP contribution in [0.4, 0.5) is 5.82 Å². The number of carbonyl (C=O) groups is 1. The number of hydrogen-bond donors (Lipinski definition) is 1. The van der Waals surface area contributed by atoms with E-state index in [-0.39, 0.29) is 5.91 Å². The average molecular weight is 416 g/mol. The van der Waals surface area contributed by atoms with Crippen molar-refractivity contribution in [2.24, 2.45) is 17.8 Å². The van der Waals surface area contributed by atoms with Crippen LogP contribution in [-0.4, -0.2) is 91.1 Å². The summed E-state index contributed by atoms with van der Waals surface area (Å²) in [5, 5.41) is 12.0. The average Bonchev–Trinajstić information content (AvgIpc) is 3.33. The summed E-state index contributed by atoms with van der Waals surface area (Å²) in [6, 6.07) is 4.14. The standard InChI is InChI=1S/C22H33N5O3/c28-22(27-5-9-30-10-6-27)20-1-2-21(25-24-20)23-19-11-17-14-26(15-18(17)12-19)13-16-3-7-29-8-4-16/h1-2,16-19H,3-15H2,(H,23,25)/t17-,18+,19?. The quantitative estimate of drug-likeness (QED) is 0.781. The fourth-order valence-corrected chi connectivity index (χ4v) is 5.62. The Morgan fingerprint density at radius 1 is 1.00 bits per heavy atom. The van der Waals surface area contributed by atoms with Gasteiger partial charge in [0.2, 0.25) is 0 Å². The minimum atomic E-state index is -0.0580. The van der Waals surface area contributed by atoms with E-state index >= 15 is 0 Å². The molecule has 1 aliphatic carbocycles. The summed E-state index contributed by atoms with van der Waals surface area (Å²) < 4.78 is 10.8. The third-order valence-corrected chi connectivity index (χ3v) is 7.22. The van der Waals surface area contributed by atoms with Crippen LogP contribution in [0.15, 0.2) is 12.1 Å². The molecule has 30 heavy (non-hydrogen) atoms. The van der Waals surface area contributed by atoms with E-state index in [0.717, 1.165) is 36.8 Å². The van der Waals surface area contributed by atoms with Crippen LogP contribution < -0.4 is 5.32 Å². The maximum atomic E-state index is 12.5. The Bertz CT molecular complexity index is 704. The van der Waals surface area contributed by atoms with E-state index in [9.17, 15) is 4.79 Å². The Hall–Kier alpha value is -1.77. The second kappa shape index (κ2) is 9.16. The van der Waals surface area contributed by atoms with Crippen LogP contribution in [0.3, 0.4) is 0 Å². The monoisotopic (exact) mass is 415 g/mol. The highest BCUT2D eigenvalue weighted by atomic mass is 16.5. The molecule has 0 spiro atoms. The molecule has 1 unspecified atom stereocenters. The summed E-state index contributed by atoms with van der Waals surface area (Å²) in [4.78, 5) is 17.0. The van der Waals surface area contributed by atoms with Crippen molar-refractivity contribution in [3.8, 4) is 0 Å². The van der Waals surface area contributed by atoms with E-state index < -0.39 is 0 Å². The molecule has 5 rings (SSSR count). The molecule has 1 amide bonds. The SMILES string of the molecule is O=C(c1ccc(NC2C[C@@H]3CN(CC4CCOCC4)C[C@@H]3C2)nn1)N1CCOCC1. The van der Waals surface area contributed by atoms with Gasteiger partial charge >= 0.3 is 0 Å². The molecule has 8 nitrogen and oxygen atoms in total. The summed E-state index contributed by atoms with van der Waals surface area (Å²) in [6.45, 7) is 8.03. The van der Waals surface area contributed by atoms with Gasteiger partial charge in [-0.3, -0.25) is 4.79 Å². The van der Waals surface area contributed by atoms with Gasteiger partial charge in [-0.25, -0.2) is 0 Å². The number of likely N-dealkylation sites (tertiary alicyclic amines) is 1. The maximum Gasteiger partial charge on any atom is 0.274 e. The van der Waals surface area contributed by atoms with Crippen LogP contribution in [0.2, 0.25) is 0 Å². The predicted octanol–water partition coefficient (Wildman–Crippen LogP) is 1.50. The zero-order valence-electron chi connectivity index (χ0n) is 17.7. The molecular formula is C22H33N5O3. The first-order valence-corrected chi connectivity index (χ1v) is 11.5. The molecule has 0 aromatic carbocycles. The van der Waals surface area contributed by atoms with Crippen LogP contribution in [0, 0.1) is 17.8 Å². The van der Waals surface area contributed by atoms with Crippen molar-refractivity contribution in [3.05, 3.63) is 17.8 Å². The highest BCUT2D eigenvalue weighted by Gasteiger charge is 2.41. The van der Waals surface area contributed by atoms with Crippen molar-refractivity contribution in [1.82, 2.24) is 20.0 Å². The molecule has 1 aromatic heterocycles. The molecule has 1 N–H and O–H groups in total. The van der Waals surface area contributed by atoms with Gasteiger partial charge in [0.15, 0.2) is 5.69 Å². The van der Waals surface area contributed by atoms with E-state index in [0.29, 0.717) is 38.0 Å². The molecule has 8 heteroatoms. The van der Waals surface area contributed by atoms with Gasteiger partial charge in [0.1, 0.15) is 5.82 Å². The smallest absolute Gasteiger partial charge is 0.274 e. The number of amides is 1. The van der Waals surface area contributed by atoms with Crippen molar-refractivity contribution >= 4 is 11.7 Å². The predicted molar refractivity (Wildman–Crippen MR) is 112 cm³/mol. The minimum Gasteiger partial charge on any atom is -0.381 e. The molecule has 4 heterocycles. The van der Waals surface area contributed by atoms with Gasteiger partial charge in [-0.05, 0) is 55.6 Å². The fraction of sp³-hybridized carbons (Fsp3) is 0.773. The second-order valence-electron chi connectivity index (χ2n) is 9.32. The second-order valence-corrected chi connectivity index (χ2v) is 9.32. The van der Waals surface area contributed by atoms with Crippen LogP contribution in [0.25, 0.3) is 0 Å². The molecular weight excluding hydrogens is 382 g/mol. The Labute approximate surface area is 178 Å². The van der Waals surface area contributed by atoms with E-state index in [1.54, 1.807) is 11.0 Å². The molecule has 3 aliphatic heterocycles. The number of anilines is 1. The number of nitrogens with zero attached hydrogens (tertiary/aromatic N) is 4. The number of fused-ring (bicyclic) bond motifs is 1. The first-order chi connectivity index (χ1) is 14.7. The maximum absolute atomic E-state index is 12.5. The van der Waals surface area contributed by atoms with E-state index in [1.807, 2.05) is 6.07 Å². The van der Waals surface area contributed by atoms with Crippen LogP contribution in [0.5, 0.6) is 0 Å². The van der Waals surface area contributed by atoms with Crippen LogP contribution in [-0.2, 0) is 9.47 Å². The molecule has 4 aliphatic rings. The summed E-state index contributed by atoms with van der Waals surface area (Å²) in [5.41, 5.74) is 0.412. The largest absolute Gasteiger partial charge is 0.381 e. The lowest BCUT2D eigenvalue weighted by Crippen LogP contribution is -2.41. The zero-order chi connectivity index (χ0) is 20.3. The zero-order valence-corrected chi connectivity index (χ0v) is 17.7. The van der Waals surface area contributed by atoms with Crippen LogP contribution in [0.1, 0.15) is 36.2 Å².